The molecule has 13 heteroatoms. The van der Waals surface area contributed by atoms with Crippen molar-refractivity contribution in [2.24, 2.45) is 17.8 Å². The van der Waals surface area contributed by atoms with Crippen LogP contribution in [-0.2, 0) is 4.79 Å². The topological polar surface area (TPSA) is 126 Å². The van der Waals surface area contributed by atoms with Crippen molar-refractivity contribution < 1.29 is 31.8 Å². The summed E-state index contributed by atoms with van der Waals surface area (Å²) in [7, 11) is 0. The summed E-state index contributed by atoms with van der Waals surface area (Å²) in [6.45, 7) is 0. The van der Waals surface area contributed by atoms with Crippen LogP contribution in [0, 0.1) is 17.8 Å². The molecule has 230 valence electrons. The number of aromatic amines is 1. The highest BCUT2D eigenvalue weighted by molar-refractivity contribution is 5.93. The molecule has 1 aromatic carbocycles. The molecule has 0 saturated heterocycles. The van der Waals surface area contributed by atoms with Crippen molar-refractivity contribution in [3.8, 4) is 0 Å². The Morgan fingerprint density at radius 1 is 0.930 bits per heavy atom. The Kier molecular flexibility index (Phi) is 6.96. The zero-order valence-corrected chi connectivity index (χ0v) is 23.6. The van der Waals surface area contributed by atoms with Crippen molar-refractivity contribution in [3.63, 3.8) is 0 Å². The van der Waals surface area contributed by atoms with Crippen molar-refractivity contribution >= 4 is 22.8 Å². The maximum atomic E-state index is 14.0. The molecule has 4 aliphatic carbocycles. The highest BCUT2D eigenvalue weighted by Gasteiger charge is 2.46. The summed E-state index contributed by atoms with van der Waals surface area (Å²) in [5.41, 5.74) is 2.82. The number of aromatic nitrogens is 4. The van der Waals surface area contributed by atoms with E-state index in [2.05, 4.69) is 25.9 Å². The molecular formula is C30H34F4N6O3. The minimum Gasteiger partial charge on any atom is -0.349 e. The van der Waals surface area contributed by atoms with Gasteiger partial charge in [0.1, 0.15) is 11.5 Å². The van der Waals surface area contributed by atoms with Gasteiger partial charge >= 0.3 is 0 Å². The second-order valence-corrected chi connectivity index (χ2v) is 13.0. The molecular weight excluding hydrogens is 568 g/mol. The Labute approximate surface area is 244 Å². The molecule has 7 rings (SSSR count). The molecule has 0 spiro atoms. The van der Waals surface area contributed by atoms with Gasteiger partial charge in [-0.05, 0) is 79.1 Å². The van der Waals surface area contributed by atoms with Crippen molar-refractivity contribution in [1.82, 2.24) is 30.9 Å². The summed E-state index contributed by atoms with van der Waals surface area (Å²) in [6, 6.07) is 4.72. The third-order valence-electron chi connectivity index (χ3n) is 9.45. The summed E-state index contributed by atoms with van der Waals surface area (Å²) in [6.07, 6.45) is 3.21. The third kappa shape index (κ3) is 6.12. The van der Waals surface area contributed by atoms with Gasteiger partial charge in [0.25, 0.3) is 5.91 Å². The number of carbonyl (C=O) groups excluding carboxylic acids is 2. The zero-order chi connectivity index (χ0) is 29.9. The Balaban J connectivity index is 1.12. The van der Waals surface area contributed by atoms with E-state index in [-0.39, 0.29) is 86.3 Å². The van der Waals surface area contributed by atoms with Crippen molar-refractivity contribution in [2.45, 2.75) is 100 Å². The summed E-state index contributed by atoms with van der Waals surface area (Å²) >= 11 is 0. The quantitative estimate of drug-likeness (QED) is 0.240. The van der Waals surface area contributed by atoms with Crippen LogP contribution in [0.15, 0.2) is 22.8 Å². The monoisotopic (exact) mass is 602 g/mol. The van der Waals surface area contributed by atoms with Gasteiger partial charge in [-0.15, -0.1) is 0 Å². The first-order chi connectivity index (χ1) is 20.5. The number of carbonyl (C=O) groups is 2. The van der Waals surface area contributed by atoms with Crippen LogP contribution in [0.25, 0.3) is 11.0 Å². The number of amides is 2. The van der Waals surface area contributed by atoms with E-state index in [0.717, 1.165) is 31.2 Å². The number of fused-ring (bicyclic) bond motifs is 1. The highest BCUT2D eigenvalue weighted by atomic mass is 19.3. The molecule has 43 heavy (non-hydrogen) atoms. The predicted octanol–water partition coefficient (Wildman–Crippen LogP) is 6.12. The number of alkyl halides is 4. The van der Waals surface area contributed by atoms with Crippen LogP contribution in [0.3, 0.4) is 0 Å². The lowest BCUT2D eigenvalue weighted by Gasteiger charge is -2.34. The maximum Gasteiger partial charge on any atom is 0.276 e. The van der Waals surface area contributed by atoms with E-state index in [4.69, 9.17) is 9.61 Å². The first-order valence-corrected chi connectivity index (χ1v) is 15.2. The fraction of sp³-hybridized carbons (Fsp3) is 0.633. The van der Waals surface area contributed by atoms with Crippen LogP contribution in [-0.4, -0.2) is 43.9 Å². The largest absolute Gasteiger partial charge is 0.349 e. The number of H-pyrrole nitrogens is 1. The molecule has 2 amide bonds. The molecule has 0 radical (unpaired) electrons. The molecule has 9 nitrogen and oxygen atoms in total. The van der Waals surface area contributed by atoms with Gasteiger partial charge in [0, 0.05) is 38.0 Å². The molecule has 4 aliphatic rings. The molecule has 3 N–H and O–H groups in total. The minimum absolute atomic E-state index is 0.0839. The van der Waals surface area contributed by atoms with Gasteiger partial charge in [0.05, 0.1) is 23.1 Å². The number of imidazole rings is 1. The molecule has 2 aromatic heterocycles. The van der Waals surface area contributed by atoms with E-state index in [1.807, 2.05) is 18.2 Å². The van der Waals surface area contributed by atoms with Crippen LogP contribution in [0.2, 0.25) is 0 Å². The van der Waals surface area contributed by atoms with Gasteiger partial charge in [0.15, 0.2) is 5.69 Å². The van der Waals surface area contributed by atoms with Crippen LogP contribution >= 0.6 is 0 Å². The second-order valence-electron chi connectivity index (χ2n) is 13.0. The lowest BCUT2D eigenvalue weighted by atomic mass is 9.79. The number of nitrogens with zero attached hydrogens (tertiary/aromatic N) is 3. The number of hydrogen-bond acceptors (Lipinski definition) is 6. The molecule has 2 atom stereocenters. The average molecular weight is 603 g/mol. The van der Waals surface area contributed by atoms with Gasteiger partial charge in [-0.1, -0.05) is 11.2 Å². The molecule has 0 bridgehead atoms. The standard InChI is InChI=1S/C30H34F4N6O3/c31-29(32)9-7-18(8-10-29)25(38-28(42)26-24(17-3-4-17)39-43-40-26)27-35-20-6-5-19(12-21(20)36-27)23(16-1-2-16)37-22(41)11-15-13-30(33,34)14-15/h5-6,12,15-18,23,25H,1-4,7-11,13-14H2,(H,35,36)(H,37,41)(H,38,42). The third-order valence-corrected chi connectivity index (χ3v) is 9.45. The Hall–Kier alpha value is -3.51. The van der Waals surface area contributed by atoms with E-state index in [9.17, 15) is 27.2 Å². The van der Waals surface area contributed by atoms with E-state index in [1.54, 1.807) is 0 Å². The number of hydrogen-bond donors (Lipinski definition) is 3. The summed E-state index contributed by atoms with van der Waals surface area (Å²) in [5.74, 6) is -5.82. The van der Waals surface area contributed by atoms with Gasteiger partial charge in [-0.25, -0.2) is 27.2 Å². The van der Waals surface area contributed by atoms with Gasteiger partial charge < -0.3 is 15.6 Å². The molecule has 4 saturated carbocycles. The molecule has 4 fully saturated rings. The smallest absolute Gasteiger partial charge is 0.276 e. The predicted molar refractivity (Wildman–Crippen MR) is 145 cm³/mol. The molecule has 3 aromatic rings. The van der Waals surface area contributed by atoms with Crippen molar-refractivity contribution in [2.75, 3.05) is 0 Å². The van der Waals surface area contributed by atoms with E-state index in [0.29, 0.717) is 22.6 Å². The molecule has 2 unspecified atom stereocenters. The minimum atomic E-state index is -2.73. The van der Waals surface area contributed by atoms with Gasteiger partial charge in [-0.3, -0.25) is 9.59 Å². The second kappa shape index (κ2) is 10.6. The summed E-state index contributed by atoms with van der Waals surface area (Å²) in [4.78, 5) is 34.1. The zero-order valence-electron chi connectivity index (χ0n) is 23.6. The number of halogens is 4. The molecule has 0 aliphatic heterocycles. The first-order valence-electron chi connectivity index (χ1n) is 15.2. The Bertz CT molecular complexity index is 1510. The van der Waals surface area contributed by atoms with Gasteiger partial charge in [0.2, 0.25) is 17.8 Å². The van der Waals surface area contributed by atoms with Crippen LogP contribution < -0.4 is 10.6 Å². The average Bonchev–Trinajstić information content (AvgIpc) is 3.87. The summed E-state index contributed by atoms with van der Waals surface area (Å²) in [5, 5.41) is 13.8. The normalized spacial score (nSPS) is 23.4. The van der Waals surface area contributed by atoms with Crippen LogP contribution in [0.5, 0.6) is 0 Å². The van der Waals surface area contributed by atoms with Crippen molar-refractivity contribution in [3.05, 3.63) is 41.0 Å². The number of nitrogens with one attached hydrogen (secondary N) is 3. The lowest BCUT2D eigenvalue weighted by Crippen LogP contribution is -2.39. The first kappa shape index (κ1) is 28.3. The highest BCUT2D eigenvalue weighted by Crippen LogP contribution is 2.46. The Morgan fingerprint density at radius 2 is 1.65 bits per heavy atom. The van der Waals surface area contributed by atoms with E-state index in [1.165, 1.54) is 0 Å². The van der Waals surface area contributed by atoms with E-state index < -0.39 is 23.8 Å². The number of benzene rings is 1. The fourth-order valence-corrected chi connectivity index (χ4v) is 6.71. The molecule has 2 heterocycles. The lowest BCUT2D eigenvalue weighted by molar-refractivity contribution is -0.134. The Morgan fingerprint density at radius 3 is 2.33 bits per heavy atom. The van der Waals surface area contributed by atoms with E-state index >= 15 is 0 Å². The van der Waals surface area contributed by atoms with Crippen LogP contribution in [0.4, 0.5) is 17.6 Å². The summed E-state index contributed by atoms with van der Waals surface area (Å²) < 4.78 is 59.5. The number of rotatable bonds is 10. The van der Waals surface area contributed by atoms with Crippen LogP contribution in [0.1, 0.15) is 116 Å². The van der Waals surface area contributed by atoms with Crippen molar-refractivity contribution in [1.29, 1.82) is 0 Å². The SMILES string of the molecule is O=C(CC1CC(F)(F)C1)NC(c1ccc2nc(C(NC(=O)c3nonc3C3CC3)C3CCC(F)(F)CC3)[nH]c2c1)C1CC1. The maximum absolute atomic E-state index is 14.0. The fourth-order valence-electron chi connectivity index (χ4n) is 6.71. The van der Waals surface area contributed by atoms with Gasteiger partial charge in [-0.2, -0.15) is 0 Å².